The van der Waals surface area contributed by atoms with Gasteiger partial charge >= 0.3 is 7.12 Å². The number of rotatable bonds is 2. The van der Waals surface area contributed by atoms with E-state index in [2.05, 4.69) is 19.9 Å². The topological polar surface area (TPSA) is 18.5 Å². The van der Waals surface area contributed by atoms with Gasteiger partial charge < -0.3 is 9.31 Å². The van der Waals surface area contributed by atoms with E-state index in [-0.39, 0.29) is 12.7 Å². The number of halogens is 1. The zero-order valence-electron chi connectivity index (χ0n) is 10.8. The predicted molar refractivity (Wildman–Crippen MR) is 72.0 cm³/mol. The second-order valence-corrected chi connectivity index (χ2v) is 5.86. The second-order valence-electron chi connectivity index (χ2n) is 5.46. The number of hydrogen-bond acceptors (Lipinski definition) is 2. The molecule has 0 spiro atoms. The van der Waals surface area contributed by atoms with E-state index in [1.165, 1.54) is 0 Å². The van der Waals surface area contributed by atoms with Crippen LogP contribution in [0.3, 0.4) is 0 Å². The van der Waals surface area contributed by atoms with Crippen molar-refractivity contribution in [1.29, 1.82) is 0 Å². The molecule has 0 aromatic heterocycles. The van der Waals surface area contributed by atoms with Crippen molar-refractivity contribution in [3.8, 4) is 0 Å². The highest BCUT2D eigenvalue weighted by atomic mass is 35.5. The molecule has 1 aromatic rings. The molecule has 0 unspecified atom stereocenters. The van der Waals surface area contributed by atoms with Crippen LogP contribution in [-0.4, -0.2) is 19.3 Å². The van der Waals surface area contributed by atoms with Gasteiger partial charge in [0.25, 0.3) is 0 Å². The van der Waals surface area contributed by atoms with Gasteiger partial charge in [0.15, 0.2) is 0 Å². The monoisotopic (exact) mass is 252 g/mol. The van der Waals surface area contributed by atoms with E-state index < -0.39 is 0 Å². The summed E-state index contributed by atoms with van der Waals surface area (Å²) in [5.74, 6) is 0.400. The summed E-state index contributed by atoms with van der Waals surface area (Å²) in [6, 6.07) is 5.98. The molecule has 92 valence electrons. The van der Waals surface area contributed by atoms with Crippen LogP contribution in [-0.2, 0) is 9.31 Å². The van der Waals surface area contributed by atoms with Crippen molar-refractivity contribution in [3.05, 3.63) is 28.8 Å². The van der Waals surface area contributed by atoms with Crippen LogP contribution in [0.4, 0.5) is 0 Å². The smallest absolute Gasteiger partial charge is 0.404 e. The molecule has 1 heterocycles. The Hall–Kier alpha value is -0.505. The molecule has 4 heteroatoms. The Bertz CT molecular complexity index is 418. The third-order valence-corrected chi connectivity index (χ3v) is 3.27. The van der Waals surface area contributed by atoms with Crippen LogP contribution >= 0.6 is 11.6 Å². The fraction of sp³-hybridized carbons (Fsp3) is 0.538. The fourth-order valence-electron chi connectivity index (χ4n) is 1.95. The standard InChI is InChI=1S/C13H18BClO2/c1-9(2)11-7-10(5-6-12(11)15)14-16-8-13(3,4)17-14/h5-7,9H,8H2,1-4H3. The molecule has 2 nitrogen and oxygen atoms in total. The molecule has 17 heavy (non-hydrogen) atoms. The third kappa shape index (κ3) is 2.84. The van der Waals surface area contributed by atoms with Crippen molar-refractivity contribution < 1.29 is 9.31 Å². The molecule has 0 atom stereocenters. The normalized spacial score (nSPS) is 19.1. The summed E-state index contributed by atoms with van der Waals surface area (Å²) in [4.78, 5) is 0. The molecule has 0 N–H and O–H groups in total. The lowest BCUT2D eigenvalue weighted by Crippen LogP contribution is -2.34. The molecule has 0 amide bonds. The maximum atomic E-state index is 6.17. The summed E-state index contributed by atoms with van der Waals surface area (Å²) < 4.78 is 11.5. The van der Waals surface area contributed by atoms with E-state index in [0.29, 0.717) is 12.5 Å². The van der Waals surface area contributed by atoms with Crippen LogP contribution < -0.4 is 5.46 Å². The van der Waals surface area contributed by atoms with Crippen LogP contribution in [0.5, 0.6) is 0 Å². The van der Waals surface area contributed by atoms with Gasteiger partial charge in [-0.15, -0.1) is 0 Å². The van der Waals surface area contributed by atoms with E-state index in [1.807, 2.05) is 26.0 Å². The van der Waals surface area contributed by atoms with Crippen molar-refractivity contribution in [2.24, 2.45) is 0 Å². The van der Waals surface area contributed by atoms with Gasteiger partial charge in [-0.2, -0.15) is 0 Å². The Morgan fingerprint density at radius 3 is 2.59 bits per heavy atom. The van der Waals surface area contributed by atoms with E-state index in [1.54, 1.807) is 0 Å². The second kappa shape index (κ2) is 4.64. The summed E-state index contributed by atoms with van der Waals surface area (Å²) in [7, 11) is -0.264. The maximum Gasteiger partial charge on any atom is 0.494 e. The Labute approximate surface area is 108 Å². The highest BCUT2D eigenvalue weighted by Gasteiger charge is 2.38. The van der Waals surface area contributed by atoms with Crippen LogP contribution in [0, 0.1) is 0 Å². The summed E-state index contributed by atoms with van der Waals surface area (Å²) >= 11 is 6.17. The van der Waals surface area contributed by atoms with Gasteiger partial charge in [0, 0.05) is 5.02 Å². The highest BCUT2D eigenvalue weighted by Crippen LogP contribution is 2.25. The van der Waals surface area contributed by atoms with Gasteiger partial charge in [0.2, 0.25) is 0 Å². The van der Waals surface area contributed by atoms with Crippen molar-refractivity contribution in [2.75, 3.05) is 6.61 Å². The zero-order valence-corrected chi connectivity index (χ0v) is 11.5. The predicted octanol–water partition coefficient (Wildman–Crippen LogP) is 2.98. The molecule has 1 saturated heterocycles. The average Bonchev–Trinajstić information content (AvgIpc) is 2.59. The van der Waals surface area contributed by atoms with Crippen LogP contribution in [0.1, 0.15) is 39.2 Å². The minimum absolute atomic E-state index is 0.206. The third-order valence-electron chi connectivity index (χ3n) is 2.92. The van der Waals surface area contributed by atoms with E-state index >= 15 is 0 Å². The quantitative estimate of drug-likeness (QED) is 0.754. The zero-order chi connectivity index (χ0) is 12.6. The Morgan fingerprint density at radius 2 is 2.06 bits per heavy atom. The lowest BCUT2D eigenvalue weighted by Gasteiger charge is -2.16. The molecular formula is C13H18BClO2. The molecule has 0 radical (unpaired) electrons. The van der Waals surface area contributed by atoms with Gasteiger partial charge in [-0.05, 0) is 36.9 Å². The van der Waals surface area contributed by atoms with Gasteiger partial charge in [-0.1, -0.05) is 37.6 Å². The largest absolute Gasteiger partial charge is 0.494 e. The van der Waals surface area contributed by atoms with Crippen molar-refractivity contribution in [1.82, 2.24) is 0 Å². The summed E-state index contributed by atoms with van der Waals surface area (Å²) in [6.45, 7) is 8.95. The lowest BCUT2D eigenvalue weighted by molar-refractivity contribution is 0.137. The summed E-state index contributed by atoms with van der Waals surface area (Å²) in [5.41, 5.74) is 1.98. The molecule has 1 fully saturated rings. The van der Waals surface area contributed by atoms with Gasteiger partial charge in [0.1, 0.15) is 0 Å². The number of benzene rings is 1. The molecule has 1 aliphatic heterocycles. The fourth-order valence-corrected chi connectivity index (χ4v) is 2.29. The first kappa shape index (κ1) is 12.9. The first-order valence-corrected chi connectivity index (χ1v) is 6.35. The van der Waals surface area contributed by atoms with Crippen molar-refractivity contribution >= 4 is 24.2 Å². The molecular weight excluding hydrogens is 234 g/mol. The molecule has 0 saturated carbocycles. The van der Waals surface area contributed by atoms with Gasteiger partial charge in [-0.3, -0.25) is 0 Å². The average molecular weight is 253 g/mol. The SMILES string of the molecule is CC(C)c1cc(B2OCC(C)(C)O2)ccc1Cl. The van der Waals surface area contributed by atoms with E-state index in [4.69, 9.17) is 20.9 Å². The van der Waals surface area contributed by atoms with Crippen molar-refractivity contribution in [2.45, 2.75) is 39.2 Å². The van der Waals surface area contributed by atoms with Crippen LogP contribution in [0.25, 0.3) is 0 Å². The molecule has 1 aromatic carbocycles. The van der Waals surface area contributed by atoms with E-state index in [0.717, 1.165) is 16.0 Å². The van der Waals surface area contributed by atoms with Gasteiger partial charge in [0.05, 0.1) is 12.2 Å². The van der Waals surface area contributed by atoms with Crippen LogP contribution in [0.15, 0.2) is 18.2 Å². The minimum atomic E-state index is -0.264. The Morgan fingerprint density at radius 1 is 1.35 bits per heavy atom. The van der Waals surface area contributed by atoms with Crippen molar-refractivity contribution in [3.63, 3.8) is 0 Å². The first-order chi connectivity index (χ1) is 7.89. The summed E-state index contributed by atoms with van der Waals surface area (Å²) in [6.07, 6.45) is 0. The van der Waals surface area contributed by atoms with E-state index in [9.17, 15) is 0 Å². The highest BCUT2D eigenvalue weighted by molar-refractivity contribution is 6.62. The Balaban J connectivity index is 2.26. The minimum Gasteiger partial charge on any atom is -0.404 e. The number of hydrogen-bond donors (Lipinski definition) is 0. The Kier molecular flexibility index (Phi) is 3.53. The molecule has 0 bridgehead atoms. The van der Waals surface area contributed by atoms with Gasteiger partial charge in [-0.25, -0.2) is 0 Å². The summed E-state index contributed by atoms with van der Waals surface area (Å²) in [5, 5.41) is 0.806. The maximum absolute atomic E-state index is 6.17. The molecule has 1 aliphatic rings. The molecule has 0 aliphatic carbocycles. The molecule has 2 rings (SSSR count). The first-order valence-electron chi connectivity index (χ1n) is 5.98. The van der Waals surface area contributed by atoms with Crippen LogP contribution in [0.2, 0.25) is 5.02 Å². The lowest BCUT2D eigenvalue weighted by atomic mass is 9.77.